The molecule has 0 aromatic heterocycles. The fourth-order valence-electron chi connectivity index (χ4n) is 5.27. The summed E-state index contributed by atoms with van der Waals surface area (Å²) in [6.07, 6.45) is 2.82. The van der Waals surface area contributed by atoms with Crippen molar-refractivity contribution in [2.75, 3.05) is 26.2 Å². The van der Waals surface area contributed by atoms with Crippen LogP contribution in [0.15, 0.2) is 12.7 Å². The van der Waals surface area contributed by atoms with Crippen molar-refractivity contribution >= 4 is 29.6 Å². The molecule has 0 aromatic rings. The van der Waals surface area contributed by atoms with Gasteiger partial charge in [-0.25, -0.2) is 4.79 Å². The Hall–Kier alpha value is -2.95. The summed E-state index contributed by atoms with van der Waals surface area (Å²) in [5.74, 6) is -2.24. The molecule has 0 aromatic carbocycles. The number of nitrogens with zero attached hydrogens (tertiary/aromatic N) is 1. The van der Waals surface area contributed by atoms with Crippen molar-refractivity contribution in [3.63, 3.8) is 0 Å². The number of nitrogens with one attached hydrogen (secondary N) is 3. The normalized spacial score (nSPS) is 31.6. The summed E-state index contributed by atoms with van der Waals surface area (Å²) in [7, 11) is 0. The number of hydrogen-bond acceptors (Lipinski definition) is 7. The lowest BCUT2D eigenvalue weighted by molar-refractivity contribution is -0.143. The van der Waals surface area contributed by atoms with Crippen LogP contribution in [0.1, 0.15) is 46.0 Å². The number of hydrogen-bond donors (Lipinski definition) is 4. The molecule has 5 atom stereocenters. The van der Waals surface area contributed by atoms with E-state index >= 15 is 0 Å². The van der Waals surface area contributed by atoms with Crippen LogP contribution in [0.4, 0.5) is 4.79 Å². The minimum absolute atomic E-state index is 0.0452. The summed E-state index contributed by atoms with van der Waals surface area (Å²) in [4.78, 5) is 65.2. The van der Waals surface area contributed by atoms with E-state index in [2.05, 4.69) is 36.4 Å². The van der Waals surface area contributed by atoms with Gasteiger partial charge in [0.2, 0.25) is 17.6 Å². The molecule has 0 unspecified atom stereocenters. The van der Waals surface area contributed by atoms with Crippen molar-refractivity contribution in [3.8, 4) is 0 Å². The number of ketones is 1. The summed E-state index contributed by atoms with van der Waals surface area (Å²) >= 11 is 0. The number of cyclic esters (lactones) is 1. The molecular formula is C24H37N5O6. The lowest BCUT2D eigenvalue weighted by atomic mass is 9.98. The van der Waals surface area contributed by atoms with E-state index in [9.17, 15) is 24.0 Å². The second kappa shape index (κ2) is 11.2. The SMILES string of the molecule is C=CCNC(=O)C(=O)[C@@H]1CCCCNC(=O)OCCC[C@H](N)C(=O)N2C[C@H]3[C@@H]([C@H]2C(=O)N1)C3(C)C. The summed E-state index contributed by atoms with van der Waals surface area (Å²) in [5.41, 5.74) is 6.03. The fourth-order valence-corrected chi connectivity index (χ4v) is 5.27. The molecule has 1 saturated carbocycles. The van der Waals surface area contributed by atoms with E-state index in [1.807, 2.05) is 0 Å². The number of amides is 4. The van der Waals surface area contributed by atoms with E-state index in [0.717, 1.165) is 0 Å². The number of Topliss-reactive ketones (excluding diaryl/α,β-unsaturated/α-hetero) is 1. The van der Waals surface area contributed by atoms with Crippen molar-refractivity contribution in [1.82, 2.24) is 20.9 Å². The Labute approximate surface area is 205 Å². The molecule has 1 aliphatic carbocycles. The second-order valence-corrected chi connectivity index (χ2v) is 10.1. The van der Waals surface area contributed by atoms with Gasteiger partial charge in [0.05, 0.1) is 18.7 Å². The highest BCUT2D eigenvalue weighted by molar-refractivity contribution is 6.38. The molecule has 3 fully saturated rings. The first-order valence-electron chi connectivity index (χ1n) is 12.3. The maximum Gasteiger partial charge on any atom is 0.407 e. The van der Waals surface area contributed by atoms with Crippen molar-refractivity contribution in [1.29, 1.82) is 0 Å². The summed E-state index contributed by atoms with van der Waals surface area (Å²) in [6, 6.07) is -2.65. The monoisotopic (exact) mass is 491 g/mol. The summed E-state index contributed by atoms with van der Waals surface area (Å²) in [6.45, 7) is 8.63. The second-order valence-electron chi connectivity index (χ2n) is 10.1. The predicted octanol–water partition coefficient (Wildman–Crippen LogP) is -0.157. The number of fused-ring (bicyclic) bond motifs is 3. The van der Waals surface area contributed by atoms with Crippen LogP contribution in [-0.4, -0.2) is 78.9 Å². The van der Waals surface area contributed by atoms with Gasteiger partial charge in [-0.3, -0.25) is 19.2 Å². The lowest BCUT2D eigenvalue weighted by Gasteiger charge is -2.32. The largest absolute Gasteiger partial charge is 0.450 e. The zero-order valence-corrected chi connectivity index (χ0v) is 20.5. The number of alkyl carbamates (subject to hydrolysis) is 1. The molecule has 11 nitrogen and oxygen atoms in total. The smallest absolute Gasteiger partial charge is 0.407 e. The van der Waals surface area contributed by atoms with Crippen LogP contribution in [0.25, 0.3) is 0 Å². The number of ether oxygens (including phenoxy) is 1. The van der Waals surface area contributed by atoms with E-state index < -0.39 is 41.8 Å². The minimum atomic E-state index is -1.05. The Morgan fingerprint density at radius 2 is 1.97 bits per heavy atom. The third-order valence-electron chi connectivity index (χ3n) is 7.42. The van der Waals surface area contributed by atoms with Gasteiger partial charge in [-0.05, 0) is 49.4 Å². The van der Waals surface area contributed by atoms with Crippen LogP contribution in [0.3, 0.4) is 0 Å². The van der Waals surface area contributed by atoms with E-state index in [1.54, 1.807) is 0 Å². The number of carbonyl (C=O) groups excluding carboxylic acids is 5. The summed E-state index contributed by atoms with van der Waals surface area (Å²) in [5, 5.41) is 7.83. The van der Waals surface area contributed by atoms with Gasteiger partial charge in [-0.2, -0.15) is 0 Å². The molecule has 5 N–H and O–H groups in total. The number of nitrogens with two attached hydrogens (primary N) is 1. The molecule has 0 bridgehead atoms. The molecular weight excluding hydrogens is 454 g/mol. The van der Waals surface area contributed by atoms with Gasteiger partial charge in [0, 0.05) is 19.6 Å². The highest BCUT2D eigenvalue weighted by Gasteiger charge is 2.69. The van der Waals surface area contributed by atoms with Gasteiger partial charge in [0.1, 0.15) is 6.04 Å². The van der Waals surface area contributed by atoms with Crippen molar-refractivity contribution in [3.05, 3.63) is 12.7 Å². The maximum atomic E-state index is 13.5. The Morgan fingerprint density at radius 3 is 2.69 bits per heavy atom. The molecule has 3 rings (SSSR count). The van der Waals surface area contributed by atoms with Crippen LogP contribution >= 0.6 is 0 Å². The molecule has 2 heterocycles. The number of piperidine rings is 1. The molecule has 3 aliphatic rings. The molecule has 2 saturated heterocycles. The molecule has 194 valence electrons. The Balaban J connectivity index is 1.81. The van der Waals surface area contributed by atoms with Crippen LogP contribution in [0, 0.1) is 17.3 Å². The number of rotatable bonds is 4. The van der Waals surface area contributed by atoms with Gasteiger partial charge >= 0.3 is 6.09 Å². The van der Waals surface area contributed by atoms with Crippen molar-refractivity contribution < 1.29 is 28.7 Å². The highest BCUT2D eigenvalue weighted by atomic mass is 16.5. The molecule has 11 heteroatoms. The molecule has 2 aliphatic heterocycles. The van der Waals surface area contributed by atoms with Crippen LogP contribution < -0.4 is 21.7 Å². The van der Waals surface area contributed by atoms with E-state index in [4.69, 9.17) is 10.5 Å². The predicted molar refractivity (Wildman–Crippen MR) is 127 cm³/mol. The third-order valence-corrected chi connectivity index (χ3v) is 7.42. The van der Waals surface area contributed by atoms with Crippen LogP contribution in [-0.2, 0) is 23.9 Å². The molecule has 4 amide bonds. The van der Waals surface area contributed by atoms with Gasteiger partial charge in [-0.15, -0.1) is 6.58 Å². The third kappa shape index (κ3) is 6.01. The van der Waals surface area contributed by atoms with Gasteiger partial charge < -0.3 is 31.3 Å². The zero-order chi connectivity index (χ0) is 25.8. The molecule has 0 radical (unpaired) electrons. The van der Waals surface area contributed by atoms with Crippen molar-refractivity contribution in [2.24, 2.45) is 23.0 Å². The Bertz CT molecular complexity index is 874. The highest BCUT2D eigenvalue weighted by Crippen LogP contribution is 2.64. The van der Waals surface area contributed by atoms with E-state index in [-0.39, 0.29) is 42.7 Å². The standard InChI is InChI=1S/C24H37N5O6/c1-4-10-26-21(32)19(30)16-9-5-6-11-27-23(34)35-12-7-8-15(25)22(33)29-13-14-17(24(14,2)3)18(29)20(31)28-16/h4,14-18H,1,5-13,25H2,2-3H3,(H,26,32)(H,27,34)(H,28,31)/t14-,15-,16-,17-,18-/m0/s1. The van der Waals surface area contributed by atoms with E-state index in [1.165, 1.54) is 11.0 Å². The lowest BCUT2D eigenvalue weighted by Crippen LogP contribution is -2.57. The van der Waals surface area contributed by atoms with Crippen LogP contribution in [0.5, 0.6) is 0 Å². The quantitative estimate of drug-likeness (QED) is 0.314. The Kier molecular flexibility index (Phi) is 8.52. The first-order chi connectivity index (χ1) is 16.6. The molecule has 0 spiro atoms. The minimum Gasteiger partial charge on any atom is -0.450 e. The average Bonchev–Trinajstić information content (AvgIpc) is 3.15. The zero-order valence-electron chi connectivity index (χ0n) is 20.5. The van der Waals surface area contributed by atoms with Gasteiger partial charge in [0.15, 0.2) is 0 Å². The number of carbonyl (C=O) groups is 5. The van der Waals surface area contributed by atoms with Crippen molar-refractivity contribution in [2.45, 2.75) is 64.1 Å². The Morgan fingerprint density at radius 1 is 1.23 bits per heavy atom. The summed E-state index contributed by atoms with van der Waals surface area (Å²) < 4.78 is 5.12. The average molecular weight is 492 g/mol. The fraction of sp³-hybridized carbons (Fsp3) is 0.708. The van der Waals surface area contributed by atoms with Crippen LogP contribution in [0.2, 0.25) is 0 Å². The first kappa shape index (κ1) is 26.7. The molecule has 35 heavy (non-hydrogen) atoms. The van der Waals surface area contributed by atoms with Gasteiger partial charge in [-0.1, -0.05) is 19.9 Å². The van der Waals surface area contributed by atoms with Gasteiger partial charge in [0.25, 0.3) is 5.91 Å². The topological polar surface area (TPSA) is 160 Å². The van der Waals surface area contributed by atoms with E-state index in [0.29, 0.717) is 38.8 Å². The maximum absolute atomic E-state index is 13.5. The first-order valence-corrected chi connectivity index (χ1v) is 12.3.